The Morgan fingerprint density at radius 3 is 0.973 bits per heavy atom. The van der Waals surface area contributed by atoms with Crippen LogP contribution in [0.25, 0.3) is 0 Å². The van der Waals surface area contributed by atoms with Gasteiger partial charge in [0, 0.05) is 19.4 Å². The fourth-order valence-corrected chi connectivity index (χ4v) is 5.40. The largest absolute Gasteiger partial charge is 0.303 e. The summed E-state index contributed by atoms with van der Waals surface area (Å²) in [7, 11) is 0. The summed E-state index contributed by atoms with van der Waals surface area (Å²) in [6.07, 6.45) is 29.5. The number of unbranched alkanes of at least 4 members (excludes halogenated alkanes) is 20. The summed E-state index contributed by atoms with van der Waals surface area (Å²) in [5.74, 6) is 0.0120. The van der Waals surface area contributed by atoms with E-state index in [-0.39, 0.29) is 11.6 Å². The minimum absolute atomic E-state index is 0.205. The first-order valence-electron chi connectivity index (χ1n) is 16.9. The molecule has 0 rings (SSSR count). The molecule has 37 heavy (non-hydrogen) atoms. The normalized spacial score (nSPS) is 11.6. The Hall–Kier alpha value is -0.700. The van der Waals surface area contributed by atoms with Crippen molar-refractivity contribution in [2.24, 2.45) is 5.92 Å². The fraction of sp³-hybridized carbons (Fsp3) is 0.941. The molecule has 0 aliphatic heterocycles. The molecule has 0 saturated carbocycles. The molecular formula is C34H67NO2. The van der Waals surface area contributed by atoms with Crippen molar-refractivity contribution >= 4 is 11.6 Å². The Labute approximate surface area is 233 Å². The minimum Gasteiger partial charge on any atom is -0.303 e. The van der Waals surface area contributed by atoms with E-state index in [1.807, 2.05) is 0 Å². The highest BCUT2D eigenvalue weighted by Crippen LogP contribution is 2.17. The van der Waals surface area contributed by atoms with Crippen LogP contribution < -0.4 is 0 Å². The topological polar surface area (TPSA) is 37.4 Å². The van der Waals surface area contributed by atoms with Gasteiger partial charge in [-0.05, 0) is 25.9 Å². The second-order valence-corrected chi connectivity index (χ2v) is 11.5. The quantitative estimate of drug-likeness (QED) is 0.0696. The second-order valence-electron chi connectivity index (χ2n) is 11.5. The van der Waals surface area contributed by atoms with Crippen molar-refractivity contribution in [2.45, 2.75) is 182 Å². The summed E-state index contributed by atoms with van der Waals surface area (Å²) < 4.78 is 0. The smallest absolute Gasteiger partial charge is 0.144 e. The Balaban J connectivity index is 4.11. The molecule has 0 atom stereocenters. The molecule has 0 unspecified atom stereocenters. The molecule has 0 amide bonds. The molecular weight excluding hydrogens is 454 g/mol. The van der Waals surface area contributed by atoms with Gasteiger partial charge < -0.3 is 4.90 Å². The van der Waals surface area contributed by atoms with Gasteiger partial charge in [-0.25, -0.2) is 0 Å². The van der Waals surface area contributed by atoms with Crippen molar-refractivity contribution in [3.05, 3.63) is 0 Å². The number of ketones is 2. The van der Waals surface area contributed by atoms with Crippen molar-refractivity contribution in [3.8, 4) is 0 Å². The van der Waals surface area contributed by atoms with Crippen LogP contribution >= 0.6 is 0 Å². The van der Waals surface area contributed by atoms with Crippen LogP contribution in [0.3, 0.4) is 0 Å². The molecule has 0 aliphatic carbocycles. The number of nitrogens with zero attached hydrogens (tertiary/aromatic N) is 1. The molecule has 0 fully saturated rings. The van der Waals surface area contributed by atoms with Crippen molar-refractivity contribution in [3.63, 3.8) is 0 Å². The van der Waals surface area contributed by atoms with E-state index < -0.39 is 5.92 Å². The van der Waals surface area contributed by atoms with Crippen LogP contribution in [-0.4, -0.2) is 36.1 Å². The lowest BCUT2D eigenvalue weighted by Crippen LogP contribution is -2.37. The summed E-state index contributed by atoms with van der Waals surface area (Å²) in [6.45, 7) is 11.2. The van der Waals surface area contributed by atoms with Gasteiger partial charge >= 0.3 is 0 Å². The van der Waals surface area contributed by atoms with Crippen LogP contribution in [0.1, 0.15) is 182 Å². The number of Topliss-reactive ketones (excluding diaryl/α,β-unsaturated/α-hetero) is 2. The molecule has 3 nitrogen and oxygen atoms in total. The third-order valence-electron chi connectivity index (χ3n) is 8.17. The van der Waals surface area contributed by atoms with E-state index in [0.29, 0.717) is 19.4 Å². The Bertz CT molecular complexity index is 462. The molecule has 0 N–H and O–H groups in total. The molecule has 0 radical (unpaired) electrons. The molecule has 0 bridgehead atoms. The molecule has 0 aromatic heterocycles. The van der Waals surface area contributed by atoms with Gasteiger partial charge in [-0.1, -0.05) is 156 Å². The van der Waals surface area contributed by atoms with Crippen molar-refractivity contribution in [1.82, 2.24) is 4.90 Å². The van der Waals surface area contributed by atoms with Gasteiger partial charge in [-0.3, -0.25) is 9.59 Å². The highest BCUT2D eigenvalue weighted by molar-refractivity contribution is 6.02. The molecule has 0 spiro atoms. The van der Waals surface area contributed by atoms with Gasteiger partial charge in [0.15, 0.2) is 0 Å². The zero-order chi connectivity index (χ0) is 27.4. The van der Waals surface area contributed by atoms with E-state index in [1.54, 1.807) is 0 Å². The molecule has 0 heterocycles. The highest BCUT2D eigenvalue weighted by Gasteiger charge is 2.26. The van der Waals surface area contributed by atoms with E-state index in [1.165, 1.54) is 116 Å². The van der Waals surface area contributed by atoms with E-state index in [2.05, 4.69) is 32.6 Å². The van der Waals surface area contributed by atoms with Crippen molar-refractivity contribution in [2.75, 3.05) is 19.6 Å². The maximum Gasteiger partial charge on any atom is 0.144 e. The lowest BCUT2D eigenvalue weighted by Gasteiger charge is -2.24. The average molecular weight is 522 g/mol. The maximum atomic E-state index is 13.1. The van der Waals surface area contributed by atoms with Crippen LogP contribution in [0, 0.1) is 5.92 Å². The summed E-state index contributed by atoms with van der Waals surface area (Å²) in [4.78, 5) is 28.4. The standard InChI is InChI=1S/C34H67NO2/c1-5-9-11-13-15-17-19-21-23-25-27-29-33(36)32(31-35(7-3)8-4)34(37)30-28-26-24-22-20-18-16-14-12-10-6-2/h32H,5-31H2,1-4H3. The molecule has 220 valence electrons. The maximum absolute atomic E-state index is 13.1. The molecule has 3 heteroatoms. The summed E-state index contributed by atoms with van der Waals surface area (Å²) in [6, 6.07) is 0. The predicted molar refractivity (Wildman–Crippen MR) is 163 cm³/mol. The first-order chi connectivity index (χ1) is 18.1. The first-order valence-corrected chi connectivity index (χ1v) is 16.9. The van der Waals surface area contributed by atoms with Gasteiger partial charge in [-0.2, -0.15) is 0 Å². The zero-order valence-corrected chi connectivity index (χ0v) is 25.9. The van der Waals surface area contributed by atoms with Crippen LogP contribution in [0.5, 0.6) is 0 Å². The van der Waals surface area contributed by atoms with E-state index in [4.69, 9.17) is 0 Å². The number of rotatable bonds is 30. The number of hydrogen-bond acceptors (Lipinski definition) is 3. The lowest BCUT2D eigenvalue weighted by molar-refractivity contribution is -0.133. The highest BCUT2D eigenvalue weighted by atomic mass is 16.1. The summed E-state index contributed by atoms with van der Waals surface area (Å²) >= 11 is 0. The monoisotopic (exact) mass is 522 g/mol. The average Bonchev–Trinajstić information content (AvgIpc) is 2.90. The predicted octanol–water partition coefficient (Wildman–Crippen LogP) is 10.5. The van der Waals surface area contributed by atoms with Gasteiger partial charge in [-0.15, -0.1) is 0 Å². The Kier molecular flexibility index (Phi) is 27.8. The molecule has 0 saturated heterocycles. The van der Waals surface area contributed by atoms with E-state index >= 15 is 0 Å². The fourth-order valence-electron chi connectivity index (χ4n) is 5.40. The molecule has 0 aliphatic rings. The van der Waals surface area contributed by atoms with E-state index in [0.717, 1.165) is 38.8 Å². The van der Waals surface area contributed by atoms with Gasteiger partial charge in [0.2, 0.25) is 0 Å². The molecule has 0 aromatic carbocycles. The first kappa shape index (κ1) is 36.3. The van der Waals surface area contributed by atoms with Crippen LogP contribution in [0.2, 0.25) is 0 Å². The van der Waals surface area contributed by atoms with Crippen LogP contribution in [0.15, 0.2) is 0 Å². The Morgan fingerprint density at radius 1 is 0.432 bits per heavy atom. The van der Waals surface area contributed by atoms with Gasteiger partial charge in [0.1, 0.15) is 11.6 Å². The summed E-state index contributed by atoms with van der Waals surface area (Å²) in [5.41, 5.74) is 0. The molecule has 0 aromatic rings. The lowest BCUT2D eigenvalue weighted by atomic mass is 9.91. The number of hydrogen-bond donors (Lipinski definition) is 0. The van der Waals surface area contributed by atoms with Gasteiger partial charge in [0.25, 0.3) is 0 Å². The van der Waals surface area contributed by atoms with E-state index in [9.17, 15) is 9.59 Å². The number of carbonyl (C=O) groups excluding carboxylic acids is 2. The van der Waals surface area contributed by atoms with Crippen LogP contribution in [-0.2, 0) is 9.59 Å². The van der Waals surface area contributed by atoms with Crippen molar-refractivity contribution < 1.29 is 9.59 Å². The Morgan fingerprint density at radius 2 is 0.703 bits per heavy atom. The van der Waals surface area contributed by atoms with Crippen LogP contribution in [0.4, 0.5) is 0 Å². The third-order valence-corrected chi connectivity index (χ3v) is 8.17. The zero-order valence-electron chi connectivity index (χ0n) is 25.9. The van der Waals surface area contributed by atoms with Crippen molar-refractivity contribution in [1.29, 1.82) is 0 Å². The SMILES string of the molecule is CCCCCCCCCCCCCC(=O)C(CN(CC)CC)C(=O)CCCCCCCCCCCCC. The summed E-state index contributed by atoms with van der Waals surface area (Å²) in [5, 5.41) is 0. The third kappa shape index (κ3) is 22.9. The minimum atomic E-state index is -0.397. The van der Waals surface area contributed by atoms with Gasteiger partial charge in [0.05, 0.1) is 5.92 Å². The second kappa shape index (κ2) is 28.3. The number of carbonyl (C=O) groups is 2.